The topological polar surface area (TPSA) is 61.9 Å². The van der Waals surface area contributed by atoms with Gasteiger partial charge in [0.05, 0.1) is 18.6 Å². The molecule has 1 aromatic carbocycles. The van der Waals surface area contributed by atoms with Gasteiger partial charge in [-0.25, -0.2) is 4.85 Å². The zero-order chi connectivity index (χ0) is 13.0. The number of hydrogen-bond acceptors (Lipinski definition) is 2. The first-order valence-corrected chi connectivity index (χ1v) is 5.33. The molecule has 0 radical (unpaired) electrons. The van der Waals surface area contributed by atoms with E-state index in [9.17, 15) is 9.90 Å². The predicted molar refractivity (Wildman–Crippen MR) is 64.0 cm³/mol. The SMILES string of the molecule is [C-]#[N+]c1ccc(CC(C(=O)O)[C@H](C)O)cc1C. The van der Waals surface area contributed by atoms with E-state index in [1.165, 1.54) is 6.92 Å². The van der Waals surface area contributed by atoms with Crippen molar-refractivity contribution >= 4 is 11.7 Å². The summed E-state index contributed by atoms with van der Waals surface area (Å²) in [6, 6.07) is 5.21. The van der Waals surface area contributed by atoms with Crippen LogP contribution >= 0.6 is 0 Å². The molecule has 4 nitrogen and oxygen atoms in total. The van der Waals surface area contributed by atoms with Crippen molar-refractivity contribution in [3.8, 4) is 0 Å². The minimum atomic E-state index is -1.01. The van der Waals surface area contributed by atoms with Gasteiger partial charge in [0.2, 0.25) is 0 Å². The molecular weight excluding hydrogens is 218 g/mol. The van der Waals surface area contributed by atoms with Crippen LogP contribution in [0.3, 0.4) is 0 Å². The molecule has 0 amide bonds. The van der Waals surface area contributed by atoms with E-state index in [0.29, 0.717) is 5.69 Å². The van der Waals surface area contributed by atoms with Gasteiger partial charge >= 0.3 is 5.97 Å². The average Bonchev–Trinajstić information content (AvgIpc) is 2.25. The summed E-state index contributed by atoms with van der Waals surface area (Å²) in [7, 11) is 0. The van der Waals surface area contributed by atoms with Crippen LogP contribution in [0.25, 0.3) is 4.85 Å². The Morgan fingerprint density at radius 3 is 2.59 bits per heavy atom. The number of rotatable bonds is 4. The molecular formula is C13H15NO3. The van der Waals surface area contributed by atoms with Crippen molar-refractivity contribution in [2.24, 2.45) is 5.92 Å². The molecule has 1 rings (SSSR count). The molecule has 0 saturated heterocycles. The van der Waals surface area contributed by atoms with E-state index in [1.54, 1.807) is 18.2 Å². The van der Waals surface area contributed by atoms with Crippen LogP contribution in [0.4, 0.5) is 5.69 Å². The molecule has 0 aromatic heterocycles. The quantitative estimate of drug-likeness (QED) is 0.783. The second-order valence-electron chi connectivity index (χ2n) is 4.12. The summed E-state index contributed by atoms with van der Waals surface area (Å²) in [5.41, 5.74) is 2.22. The maximum atomic E-state index is 10.9. The number of nitrogens with zero attached hydrogens (tertiary/aromatic N) is 1. The van der Waals surface area contributed by atoms with Gasteiger partial charge in [0, 0.05) is 0 Å². The van der Waals surface area contributed by atoms with Gasteiger partial charge in [-0.2, -0.15) is 0 Å². The fraction of sp³-hybridized carbons (Fsp3) is 0.385. The van der Waals surface area contributed by atoms with Crippen molar-refractivity contribution in [1.82, 2.24) is 0 Å². The zero-order valence-electron chi connectivity index (χ0n) is 9.84. The number of aryl methyl sites for hydroxylation is 1. The average molecular weight is 233 g/mol. The first-order chi connectivity index (χ1) is 7.95. The number of aliphatic hydroxyl groups is 1. The standard InChI is InChI=1S/C13H15NO3/c1-8-6-10(4-5-12(8)14-3)7-11(9(2)15)13(16)17/h4-6,9,11,15H,7H2,1-2H3,(H,16,17)/t9-,11?/m0/s1. The first kappa shape index (κ1) is 13.2. The van der Waals surface area contributed by atoms with Gasteiger partial charge in [0.15, 0.2) is 5.69 Å². The number of carboxylic acids is 1. The lowest BCUT2D eigenvalue weighted by Crippen LogP contribution is -2.27. The molecule has 0 aliphatic carbocycles. The second-order valence-corrected chi connectivity index (χ2v) is 4.12. The molecule has 0 aliphatic rings. The summed E-state index contributed by atoms with van der Waals surface area (Å²) in [6.07, 6.45) is -0.625. The molecule has 4 heteroatoms. The maximum Gasteiger partial charge on any atom is 0.309 e. The smallest absolute Gasteiger partial charge is 0.309 e. The van der Waals surface area contributed by atoms with Crippen LogP contribution in [0, 0.1) is 19.4 Å². The third-order valence-corrected chi connectivity index (χ3v) is 2.74. The molecule has 0 aliphatic heterocycles. The van der Waals surface area contributed by atoms with Crippen molar-refractivity contribution in [3.63, 3.8) is 0 Å². The van der Waals surface area contributed by atoms with Crippen LogP contribution in [-0.4, -0.2) is 22.3 Å². The Hall–Kier alpha value is -1.86. The highest BCUT2D eigenvalue weighted by atomic mass is 16.4. The Labute approximate surface area is 100 Å². The first-order valence-electron chi connectivity index (χ1n) is 5.33. The lowest BCUT2D eigenvalue weighted by molar-refractivity contribution is -0.145. The summed E-state index contributed by atoms with van der Waals surface area (Å²) in [5, 5.41) is 18.4. The van der Waals surface area contributed by atoms with E-state index in [0.717, 1.165) is 11.1 Å². The predicted octanol–water partition coefficient (Wildman–Crippen LogP) is 2.17. The molecule has 17 heavy (non-hydrogen) atoms. The highest BCUT2D eigenvalue weighted by Gasteiger charge is 2.23. The van der Waals surface area contributed by atoms with E-state index in [2.05, 4.69) is 4.85 Å². The van der Waals surface area contributed by atoms with Gasteiger partial charge < -0.3 is 10.2 Å². The number of hydrogen-bond donors (Lipinski definition) is 2. The van der Waals surface area contributed by atoms with E-state index < -0.39 is 18.0 Å². The lowest BCUT2D eigenvalue weighted by atomic mass is 9.94. The Bertz CT molecular complexity index is 460. The molecule has 2 atom stereocenters. The fourth-order valence-corrected chi connectivity index (χ4v) is 1.69. The zero-order valence-corrected chi connectivity index (χ0v) is 9.84. The van der Waals surface area contributed by atoms with Crippen molar-refractivity contribution in [1.29, 1.82) is 0 Å². The Balaban J connectivity index is 2.92. The van der Waals surface area contributed by atoms with Gasteiger partial charge in [-0.1, -0.05) is 18.2 Å². The van der Waals surface area contributed by atoms with E-state index in [4.69, 9.17) is 11.7 Å². The number of aliphatic hydroxyl groups excluding tert-OH is 1. The number of aliphatic carboxylic acids is 1. The maximum absolute atomic E-state index is 10.9. The Morgan fingerprint density at radius 2 is 2.18 bits per heavy atom. The van der Waals surface area contributed by atoms with Crippen molar-refractivity contribution in [3.05, 3.63) is 40.7 Å². The molecule has 90 valence electrons. The molecule has 1 aromatic rings. The second kappa shape index (κ2) is 5.46. The molecule has 0 fully saturated rings. The van der Waals surface area contributed by atoms with Crippen LogP contribution in [0.15, 0.2) is 18.2 Å². The van der Waals surface area contributed by atoms with Crippen LogP contribution in [0.2, 0.25) is 0 Å². The highest BCUT2D eigenvalue weighted by Crippen LogP contribution is 2.22. The molecule has 1 unspecified atom stereocenters. The summed E-state index contributed by atoms with van der Waals surface area (Å²) in [4.78, 5) is 14.3. The molecule has 0 bridgehead atoms. The summed E-state index contributed by atoms with van der Waals surface area (Å²) >= 11 is 0. The summed E-state index contributed by atoms with van der Waals surface area (Å²) in [5.74, 6) is -1.82. The fourth-order valence-electron chi connectivity index (χ4n) is 1.69. The summed E-state index contributed by atoms with van der Waals surface area (Å²) < 4.78 is 0. The van der Waals surface area contributed by atoms with Crippen LogP contribution < -0.4 is 0 Å². The van der Waals surface area contributed by atoms with E-state index in [1.807, 2.05) is 6.92 Å². The number of carboxylic acid groups (broad SMARTS) is 1. The van der Waals surface area contributed by atoms with E-state index in [-0.39, 0.29) is 6.42 Å². The third-order valence-electron chi connectivity index (χ3n) is 2.74. The van der Waals surface area contributed by atoms with Crippen LogP contribution in [-0.2, 0) is 11.2 Å². The highest BCUT2D eigenvalue weighted by molar-refractivity contribution is 5.71. The lowest BCUT2D eigenvalue weighted by Gasteiger charge is -2.15. The number of carbonyl (C=O) groups is 1. The van der Waals surface area contributed by atoms with Gasteiger partial charge in [-0.15, -0.1) is 0 Å². The van der Waals surface area contributed by atoms with Gasteiger partial charge in [-0.05, 0) is 31.4 Å². The largest absolute Gasteiger partial charge is 0.481 e. The Kier molecular flexibility index (Phi) is 4.24. The van der Waals surface area contributed by atoms with Crippen LogP contribution in [0.1, 0.15) is 18.1 Å². The van der Waals surface area contributed by atoms with Gasteiger partial charge in [-0.3, -0.25) is 4.79 Å². The van der Waals surface area contributed by atoms with Gasteiger partial charge in [0.25, 0.3) is 0 Å². The molecule has 0 heterocycles. The molecule has 2 N–H and O–H groups in total. The van der Waals surface area contributed by atoms with E-state index >= 15 is 0 Å². The van der Waals surface area contributed by atoms with Crippen LogP contribution in [0.5, 0.6) is 0 Å². The molecule has 0 spiro atoms. The molecule has 0 saturated carbocycles. The number of benzene rings is 1. The minimum Gasteiger partial charge on any atom is -0.481 e. The monoisotopic (exact) mass is 233 g/mol. The van der Waals surface area contributed by atoms with Crippen molar-refractivity contribution in [2.45, 2.75) is 26.4 Å². The van der Waals surface area contributed by atoms with Crippen molar-refractivity contribution < 1.29 is 15.0 Å². The Morgan fingerprint density at radius 1 is 1.53 bits per heavy atom. The normalized spacial score (nSPS) is 13.8. The van der Waals surface area contributed by atoms with Gasteiger partial charge in [0.1, 0.15) is 0 Å². The third kappa shape index (κ3) is 3.30. The summed E-state index contributed by atoms with van der Waals surface area (Å²) in [6.45, 7) is 10.2. The minimum absolute atomic E-state index is 0.270. The van der Waals surface area contributed by atoms with Crippen molar-refractivity contribution in [2.75, 3.05) is 0 Å².